The number of nitrogens with one attached hydrogen (secondary N) is 1. The van der Waals surface area contributed by atoms with E-state index in [0.717, 1.165) is 83.2 Å². The molecule has 2 aliphatic heterocycles. The highest BCUT2D eigenvalue weighted by Gasteiger charge is 2.28. The summed E-state index contributed by atoms with van der Waals surface area (Å²) in [6.45, 7) is 13.7. The van der Waals surface area contributed by atoms with Gasteiger partial charge >= 0.3 is 11.9 Å². The molecule has 5 aromatic rings. The second kappa shape index (κ2) is 18.2. The molecule has 58 heavy (non-hydrogen) atoms. The molecule has 4 heterocycles. The number of nitrogens with zero attached hydrogens (tertiary/aromatic N) is 4. The van der Waals surface area contributed by atoms with Gasteiger partial charge in [-0.3, -0.25) is 19.8 Å². The molecule has 0 unspecified atom stereocenters. The summed E-state index contributed by atoms with van der Waals surface area (Å²) < 4.78 is 18.3. The Morgan fingerprint density at radius 3 is 2.48 bits per heavy atom. The van der Waals surface area contributed by atoms with Gasteiger partial charge in [-0.2, -0.15) is 0 Å². The number of hydrogen-bond donors (Lipinski definition) is 1. The third-order valence-electron chi connectivity index (χ3n) is 10.7. The van der Waals surface area contributed by atoms with Crippen LogP contribution < -0.4 is 10.2 Å². The van der Waals surface area contributed by atoms with Crippen molar-refractivity contribution in [2.45, 2.75) is 85.0 Å². The van der Waals surface area contributed by atoms with E-state index in [9.17, 15) is 14.4 Å². The number of amides is 1. The van der Waals surface area contributed by atoms with Gasteiger partial charge in [0.15, 0.2) is 10.8 Å². The van der Waals surface area contributed by atoms with Crippen LogP contribution in [0, 0.1) is 6.92 Å². The smallest absolute Gasteiger partial charge is 0.358 e. The highest BCUT2D eigenvalue weighted by atomic mass is 32.1. The summed E-state index contributed by atoms with van der Waals surface area (Å²) in [5, 5.41) is 3.59. The Morgan fingerprint density at radius 1 is 0.914 bits per heavy atom. The number of aryl methyl sites for hydroxylation is 1. The lowest BCUT2D eigenvalue weighted by Gasteiger charge is -2.31. The molecule has 12 heteroatoms. The predicted molar refractivity (Wildman–Crippen MR) is 229 cm³/mol. The molecule has 2 aliphatic rings. The van der Waals surface area contributed by atoms with Crippen molar-refractivity contribution >= 4 is 50.3 Å². The van der Waals surface area contributed by atoms with Gasteiger partial charge in [0.1, 0.15) is 11.4 Å². The Hall–Kier alpha value is -5.17. The van der Waals surface area contributed by atoms with E-state index in [4.69, 9.17) is 19.2 Å². The molecule has 7 rings (SSSR count). The number of thiazole rings is 1. The minimum atomic E-state index is -0.712. The van der Waals surface area contributed by atoms with Crippen molar-refractivity contribution in [2.75, 3.05) is 49.6 Å². The van der Waals surface area contributed by atoms with Crippen molar-refractivity contribution in [3.8, 4) is 11.1 Å². The van der Waals surface area contributed by atoms with E-state index in [1.165, 1.54) is 16.9 Å². The number of carbonyl (C=O) groups is 3. The van der Waals surface area contributed by atoms with Crippen molar-refractivity contribution in [1.29, 1.82) is 0 Å². The topological polar surface area (TPSA) is 123 Å². The average Bonchev–Trinajstić information content (AvgIpc) is 3.62. The second-order valence-corrected chi connectivity index (χ2v) is 17.0. The van der Waals surface area contributed by atoms with Crippen molar-refractivity contribution in [1.82, 2.24) is 14.9 Å². The molecule has 1 fully saturated rings. The van der Waals surface area contributed by atoms with Crippen LogP contribution in [0.4, 0.5) is 10.9 Å². The zero-order valence-corrected chi connectivity index (χ0v) is 35.0. The third-order valence-corrected chi connectivity index (χ3v) is 11.7. The molecule has 3 aromatic carbocycles. The Balaban J connectivity index is 1.06. The molecule has 1 saturated heterocycles. The molecule has 11 nitrogen and oxygen atoms in total. The van der Waals surface area contributed by atoms with Crippen LogP contribution in [-0.4, -0.2) is 83.8 Å². The summed E-state index contributed by atoms with van der Waals surface area (Å²) in [5.41, 5.74) is 6.98. The Bertz CT molecular complexity index is 2240. The van der Waals surface area contributed by atoms with Gasteiger partial charge < -0.3 is 19.1 Å². The SMILES string of the molecule is CCOC(=O)CN1CCC(OCCCc2cccc(-c3ccc(N4CCc5cccc(C(=O)Nc6nc7ccccc7s6)c5C4)nc3C(=O)OC(C)(C)C)c2C)CC1. The van der Waals surface area contributed by atoms with Gasteiger partial charge in [-0.05, 0) is 125 Å². The van der Waals surface area contributed by atoms with Crippen LogP contribution in [0.15, 0.2) is 72.8 Å². The number of piperidine rings is 1. The highest BCUT2D eigenvalue weighted by Crippen LogP contribution is 2.34. The number of fused-ring (bicyclic) bond motifs is 2. The summed E-state index contributed by atoms with van der Waals surface area (Å²) in [6.07, 6.45) is 4.40. The Morgan fingerprint density at radius 2 is 1.71 bits per heavy atom. The van der Waals surface area contributed by atoms with Crippen LogP contribution in [0.5, 0.6) is 0 Å². The second-order valence-electron chi connectivity index (χ2n) is 16.0. The van der Waals surface area contributed by atoms with Gasteiger partial charge in [-0.15, -0.1) is 0 Å². The van der Waals surface area contributed by atoms with Gasteiger partial charge in [-0.1, -0.05) is 53.8 Å². The van der Waals surface area contributed by atoms with Gasteiger partial charge in [0.2, 0.25) is 0 Å². The van der Waals surface area contributed by atoms with E-state index in [2.05, 4.69) is 39.2 Å². The number of anilines is 2. The fourth-order valence-electron chi connectivity index (χ4n) is 7.79. The number of hydrogen-bond acceptors (Lipinski definition) is 11. The number of benzene rings is 3. The molecule has 304 valence electrons. The first-order chi connectivity index (χ1) is 28.0. The number of carbonyl (C=O) groups excluding carboxylic acids is 3. The van der Waals surface area contributed by atoms with Crippen LogP contribution in [0.2, 0.25) is 0 Å². The summed E-state index contributed by atoms with van der Waals surface area (Å²) in [4.78, 5) is 53.4. The minimum absolute atomic E-state index is 0.170. The molecule has 0 atom stereocenters. The molecule has 2 aromatic heterocycles. The zero-order chi connectivity index (χ0) is 40.8. The van der Waals surface area contributed by atoms with Gasteiger partial charge in [0.25, 0.3) is 5.91 Å². The number of esters is 2. The molecule has 0 bridgehead atoms. The van der Waals surface area contributed by atoms with E-state index in [-0.39, 0.29) is 23.7 Å². The van der Waals surface area contributed by atoms with E-state index < -0.39 is 11.6 Å². The molecule has 0 saturated carbocycles. The number of rotatable bonds is 13. The standard InChI is InChI=1S/C46H53N5O6S/c1-6-55-41(52)29-50-24-22-33(23-25-50)56-27-11-14-31-12-9-15-34(30(31)2)35-19-20-40(48-42(35)44(54)57-46(3,4)5)51-26-21-32-13-10-16-36(37(32)28-51)43(53)49-45-47-38-17-7-8-18-39(38)58-45/h7-10,12-13,15-20,33H,6,11,14,21-29H2,1-5H3,(H,47,49,53). The summed E-state index contributed by atoms with van der Waals surface area (Å²) in [6, 6.07) is 23.8. The van der Waals surface area contributed by atoms with E-state index in [1.54, 1.807) is 0 Å². The average molecular weight is 804 g/mol. The minimum Gasteiger partial charge on any atom is -0.465 e. The van der Waals surface area contributed by atoms with Crippen molar-refractivity contribution in [3.63, 3.8) is 0 Å². The predicted octanol–water partition coefficient (Wildman–Crippen LogP) is 8.41. The van der Waals surface area contributed by atoms with Crippen LogP contribution in [0.1, 0.15) is 90.1 Å². The summed E-state index contributed by atoms with van der Waals surface area (Å²) in [7, 11) is 0. The van der Waals surface area contributed by atoms with Crippen molar-refractivity contribution < 1.29 is 28.6 Å². The van der Waals surface area contributed by atoms with E-state index in [1.807, 2.05) is 88.4 Å². The van der Waals surface area contributed by atoms with E-state index in [0.29, 0.717) is 49.4 Å². The van der Waals surface area contributed by atoms with E-state index >= 15 is 0 Å². The Labute approximate surface area is 344 Å². The monoisotopic (exact) mass is 803 g/mol. The lowest BCUT2D eigenvalue weighted by atomic mass is 9.93. The summed E-state index contributed by atoms with van der Waals surface area (Å²) in [5.74, 6) is -0.208. The maximum Gasteiger partial charge on any atom is 0.358 e. The fraction of sp³-hybridized carbons (Fsp3) is 0.413. The maximum absolute atomic E-state index is 13.9. The number of para-hydroxylation sites is 1. The van der Waals surface area contributed by atoms with Gasteiger partial charge in [0.05, 0.1) is 29.5 Å². The van der Waals surface area contributed by atoms with Crippen LogP contribution in [-0.2, 0) is 38.4 Å². The molecule has 1 amide bonds. The lowest BCUT2D eigenvalue weighted by Crippen LogP contribution is -2.40. The van der Waals surface area contributed by atoms with Gasteiger partial charge in [0, 0.05) is 43.9 Å². The van der Waals surface area contributed by atoms with Gasteiger partial charge in [-0.25, -0.2) is 14.8 Å². The maximum atomic E-state index is 13.9. The first kappa shape index (κ1) is 41.0. The highest BCUT2D eigenvalue weighted by molar-refractivity contribution is 7.22. The van der Waals surface area contributed by atoms with Crippen molar-refractivity contribution in [2.24, 2.45) is 0 Å². The molecular formula is C46H53N5O6S. The zero-order valence-electron chi connectivity index (χ0n) is 34.1. The first-order valence-electron chi connectivity index (χ1n) is 20.3. The lowest BCUT2D eigenvalue weighted by molar-refractivity contribution is -0.145. The number of ether oxygens (including phenoxy) is 3. The molecule has 0 radical (unpaired) electrons. The number of likely N-dealkylation sites (tertiary alicyclic amines) is 1. The quantitative estimate of drug-likeness (QED) is 0.0917. The van der Waals surface area contributed by atoms with Crippen LogP contribution in [0.3, 0.4) is 0 Å². The molecule has 0 spiro atoms. The normalized spacial score (nSPS) is 14.9. The third kappa shape index (κ3) is 9.91. The molecule has 1 N–H and O–H groups in total. The first-order valence-corrected chi connectivity index (χ1v) is 21.1. The van der Waals surface area contributed by atoms with Crippen molar-refractivity contribution in [3.05, 3.63) is 106 Å². The fourth-order valence-corrected chi connectivity index (χ4v) is 8.65. The summed E-state index contributed by atoms with van der Waals surface area (Å²) >= 11 is 1.45. The number of pyridine rings is 1. The largest absolute Gasteiger partial charge is 0.465 e. The number of aromatic nitrogens is 2. The molecule has 0 aliphatic carbocycles. The Kier molecular flexibility index (Phi) is 12.9. The van der Waals surface area contributed by atoms with Crippen LogP contribution in [0.25, 0.3) is 21.3 Å². The molecular weight excluding hydrogens is 751 g/mol. The van der Waals surface area contributed by atoms with Crippen LogP contribution >= 0.6 is 11.3 Å².